The molecule has 3 nitrogen and oxygen atoms in total. The molecule has 1 saturated heterocycles. The van der Waals surface area contributed by atoms with Gasteiger partial charge in [-0.05, 0) is 50.4 Å². The van der Waals surface area contributed by atoms with Crippen molar-refractivity contribution in [2.24, 2.45) is 0 Å². The number of fused-ring (bicyclic) bond motifs is 1. The number of rotatable bonds is 1. The standard InChI is InChI=1S/C15H21NO2/c1-10-8-13-15(18-7-6-17-13)14(11(10)2)12-4-3-5-16-9-12/h8,12,16H,3-7,9H2,1-2H3. The van der Waals surface area contributed by atoms with Crippen LogP contribution in [0.1, 0.15) is 35.4 Å². The number of aryl methyl sites for hydroxylation is 1. The lowest BCUT2D eigenvalue weighted by molar-refractivity contribution is 0.168. The molecular formula is C15H21NO2. The molecule has 0 bridgehead atoms. The van der Waals surface area contributed by atoms with Gasteiger partial charge >= 0.3 is 0 Å². The average molecular weight is 247 g/mol. The summed E-state index contributed by atoms with van der Waals surface area (Å²) in [5.41, 5.74) is 4.05. The highest BCUT2D eigenvalue weighted by Crippen LogP contribution is 2.43. The molecule has 18 heavy (non-hydrogen) atoms. The highest BCUT2D eigenvalue weighted by atomic mass is 16.6. The van der Waals surface area contributed by atoms with Gasteiger partial charge < -0.3 is 14.8 Å². The van der Waals surface area contributed by atoms with E-state index in [1.54, 1.807) is 0 Å². The Hall–Kier alpha value is -1.22. The van der Waals surface area contributed by atoms with Crippen LogP contribution in [0.25, 0.3) is 0 Å². The number of piperidine rings is 1. The Bertz CT molecular complexity index is 450. The van der Waals surface area contributed by atoms with Gasteiger partial charge in [0, 0.05) is 18.0 Å². The Balaban J connectivity index is 2.07. The summed E-state index contributed by atoms with van der Waals surface area (Å²) in [5, 5.41) is 3.49. The van der Waals surface area contributed by atoms with Gasteiger partial charge in [0.1, 0.15) is 13.2 Å². The zero-order valence-electron chi connectivity index (χ0n) is 11.2. The van der Waals surface area contributed by atoms with Crippen molar-refractivity contribution in [3.05, 3.63) is 22.8 Å². The third-order valence-electron chi connectivity index (χ3n) is 4.10. The first-order valence-corrected chi connectivity index (χ1v) is 6.88. The fourth-order valence-corrected chi connectivity index (χ4v) is 3.03. The maximum atomic E-state index is 5.89. The zero-order valence-corrected chi connectivity index (χ0v) is 11.2. The highest BCUT2D eigenvalue weighted by molar-refractivity contribution is 5.56. The molecule has 3 rings (SSSR count). The lowest BCUT2D eigenvalue weighted by atomic mass is 9.86. The van der Waals surface area contributed by atoms with Gasteiger partial charge in [-0.3, -0.25) is 0 Å². The third kappa shape index (κ3) is 1.97. The molecule has 2 aliphatic rings. The summed E-state index contributed by atoms with van der Waals surface area (Å²) in [7, 11) is 0. The lowest BCUT2D eigenvalue weighted by Gasteiger charge is -2.30. The molecular weight excluding hydrogens is 226 g/mol. The van der Waals surface area contributed by atoms with Crippen molar-refractivity contribution in [2.75, 3.05) is 26.3 Å². The molecule has 0 spiro atoms. The monoisotopic (exact) mass is 247 g/mol. The maximum Gasteiger partial charge on any atom is 0.165 e. The number of hydrogen-bond acceptors (Lipinski definition) is 3. The lowest BCUT2D eigenvalue weighted by Crippen LogP contribution is -2.30. The SMILES string of the molecule is Cc1cc2c(c(C3CCCNC3)c1C)OCCO2. The van der Waals surface area contributed by atoms with Crippen LogP contribution in [-0.4, -0.2) is 26.3 Å². The first-order valence-electron chi connectivity index (χ1n) is 6.88. The minimum atomic E-state index is 0.564. The van der Waals surface area contributed by atoms with E-state index in [1.165, 1.54) is 29.5 Å². The molecule has 0 amide bonds. The Labute approximate surface area is 108 Å². The van der Waals surface area contributed by atoms with Gasteiger partial charge in [0.2, 0.25) is 0 Å². The largest absolute Gasteiger partial charge is 0.486 e. The van der Waals surface area contributed by atoms with Crippen LogP contribution in [0.5, 0.6) is 11.5 Å². The number of nitrogens with one attached hydrogen (secondary N) is 1. The normalized spacial score (nSPS) is 22.9. The van der Waals surface area contributed by atoms with Crippen LogP contribution in [0.2, 0.25) is 0 Å². The van der Waals surface area contributed by atoms with E-state index in [0.29, 0.717) is 19.1 Å². The molecule has 1 unspecified atom stereocenters. The smallest absolute Gasteiger partial charge is 0.165 e. The van der Waals surface area contributed by atoms with Crippen LogP contribution in [0.3, 0.4) is 0 Å². The molecule has 1 aromatic rings. The molecule has 3 heteroatoms. The van der Waals surface area contributed by atoms with Crippen molar-refractivity contribution in [2.45, 2.75) is 32.6 Å². The van der Waals surface area contributed by atoms with E-state index in [9.17, 15) is 0 Å². The Morgan fingerprint density at radius 2 is 2.06 bits per heavy atom. The molecule has 2 aliphatic heterocycles. The van der Waals surface area contributed by atoms with E-state index in [0.717, 1.165) is 24.6 Å². The molecule has 1 N–H and O–H groups in total. The third-order valence-corrected chi connectivity index (χ3v) is 4.10. The maximum absolute atomic E-state index is 5.89. The molecule has 2 heterocycles. The summed E-state index contributed by atoms with van der Waals surface area (Å²) in [6.45, 7) is 7.90. The molecule has 98 valence electrons. The summed E-state index contributed by atoms with van der Waals surface area (Å²) in [6.07, 6.45) is 2.49. The summed E-state index contributed by atoms with van der Waals surface area (Å²) < 4.78 is 11.6. The Morgan fingerprint density at radius 1 is 1.22 bits per heavy atom. The predicted molar refractivity (Wildman–Crippen MR) is 71.8 cm³/mol. The summed E-state index contributed by atoms with van der Waals surface area (Å²) in [6, 6.07) is 2.11. The van der Waals surface area contributed by atoms with E-state index < -0.39 is 0 Å². The van der Waals surface area contributed by atoms with Crippen LogP contribution < -0.4 is 14.8 Å². The fourth-order valence-electron chi connectivity index (χ4n) is 3.03. The minimum absolute atomic E-state index is 0.564. The second-order valence-electron chi connectivity index (χ2n) is 5.30. The minimum Gasteiger partial charge on any atom is -0.486 e. The number of hydrogen-bond donors (Lipinski definition) is 1. The van der Waals surface area contributed by atoms with Gasteiger partial charge in [-0.2, -0.15) is 0 Å². The fraction of sp³-hybridized carbons (Fsp3) is 0.600. The van der Waals surface area contributed by atoms with Gasteiger partial charge in [-0.15, -0.1) is 0 Å². The zero-order chi connectivity index (χ0) is 12.5. The van der Waals surface area contributed by atoms with Gasteiger partial charge in [0.25, 0.3) is 0 Å². The van der Waals surface area contributed by atoms with E-state index in [4.69, 9.17) is 9.47 Å². The van der Waals surface area contributed by atoms with Crippen molar-refractivity contribution in [1.29, 1.82) is 0 Å². The quantitative estimate of drug-likeness (QED) is 0.827. The number of benzene rings is 1. The van der Waals surface area contributed by atoms with Gasteiger partial charge in [-0.1, -0.05) is 0 Å². The van der Waals surface area contributed by atoms with Gasteiger partial charge in [0.15, 0.2) is 11.5 Å². The Morgan fingerprint density at radius 3 is 2.83 bits per heavy atom. The van der Waals surface area contributed by atoms with E-state index in [1.807, 2.05) is 0 Å². The molecule has 0 aromatic heterocycles. The van der Waals surface area contributed by atoms with Gasteiger partial charge in [0.05, 0.1) is 0 Å². The van der Waals surface area contributed by atoms with Crippen LogP contribution in [-0.2, 0) is 0 Å². The Kier molecular flexibility index (Phi) is 3.16. The summed E-state index contributed by atoms with van der Waals surface area (Å²) in [4.78, 5) is 0. The van der Waals surface area contributed by atoms with E-state index >= 15 is 0 Å². The van der Waals surface area contributed by atoms with Crippen molar-refractivity contribution in [3.63, 3.8) is 0 Å². The molecule has 0 saturated carbocycles. The highest BCUT2D eigenvalue weighted by Gasteiger charge is 2.26. The molecule has 1 atom stereocenters. The van der Waals surface area contributed by atoms with Crippen molar-refractivity contribution in [1.82, 2.24) is 5.32 Å². The second kappa shape index (κ2) is 4.81. The van der Waals surface area contributed by atoms with Crippen molar-refractivity contribution in [3.8, 4) is 11.5 Å². The van der Waals surface area contributed by atoms with Gasteiger partial charge in [-0.25, -0.2) is 0 Å². The van der Waals surface area contributed by atoms with E-state index in [-0.39, 0.29) is 0 Å². The molecule has 0 radical (unpaired) electrons. The molecule has 1 aromatic carbocycles. The van der Waals surface area contributed by atoms with Crippen LogP contribution in [0.4, 0.5) is 0 Å². The van der Waals surface area contributed by atoms with Crippen molar-refractivity contribution < 1.29 is 9.47 Å². The molecule has 1 fully saturated rings. The second-order valence-corrected chi connectivity index (χ2v) is 5.30. The first kappa shape index (κ1) is 11.8. The van der Waals surface area contributed by atoms with Crippen LogP contribution >= 0.6 is 0 Å². The number of ether oxygens (including phenoxy) is 2. The van der Waals surface area contributed by atoms with Crippen LogP contribution in [0, 0.1) is 13.8 Å². The van der Waals surface area contributed by atoms with Crippen LogP contribution in [0.15, 0.2) is 6.07 Å². The van der Waals surface area contributed by atoms with Crippen molar-refractivity contribution >= 4 is 0 Å². The molecule has 0 aliphatic carbocycles. The summed E-state index contributed by atoms with van der Waals surface area (Å²) in [5.74, 6) is 2.50. The average Bonchev–Trinajstić information content (AvgIpc) is 2.41. The first-order chi connectivity index (χ1) is 8.77. The summed E-state index contributed by atoms with van der Waals surface area (Å²) >= 11 is 0. The predicted octanol–water partition coefficient (Wildman–Crippen LogP) is 2.54. The van der Waals surface area contributed by atoms with E-state index in [2.05, 4.69) is 25.2 Å². The topological polar surface area (TPSA) is 30.5 Å².